The standard InChI is InChI=1S/C11H14O4S/c12-11(13)6-8-16(14)9-7-15-10-4-2-1-3-5-10/h1-5H,6-9H2,(H,12,13). The molecule has 5 heteroatoms. The van der Waals surface area contributed by atoms with Crippen molar-refractivity contribution in [2.24, 2.45) is 0 Å². The summed E-state index contributed by atoms with van der Waals surface area (Å²) in [7, 11) is -1.12. The Kier molecular flexibility index (Phi) is 5.56. The molecule has 0 bridgehead atoms. The van der Waals surface area contributed by atoms with E-state index in [-0.39, 0.29) is 12.2 Å². The van der Waals surface area contributed by atoms with Gasteiger partial charge in [-0.3, -0.25) is 9.00 Å². The van der Waals surface area contributed by atoms with Gasteiger partial charge in [0.1, 0.15) is 5.75 Å². The average Bonchev–Trinajstić information content (AvgIpc) is 2.28. The molecule has 0 fully saturated rings. The molecule has 0 aromatic heterocycles. The van der Waals surface area contributed by atoms with E-state index in [1.54, 1.807) is 0 Å². The Labute approximate surface area is 96.7 Å². The average molecular weight is 242 g/mol. The number of hydrogen-bond acceptors (Lipinski definition) is 3. The predicted molar refractivity (Wildman–Crippen MR) is 62.1 cm³/mol. The molecule has 88 valence electrons. The second kappa shape index (κ2) is 7.00. The summed E-state index contributed by atoms with van der Waals surface area (Å²) in [6.45, 7) is 0.343. The van der Waals surface area contributed by atoms with E-state index in [4.69, 9.17) is 9.84 Å². The molecule has 1 N–H and O–H groups in total. The van der Waals surface area contributed by atoms with Gasteiger partial charge in [-0.25, -0.2) is 0 Å². The summed E-state index contributed by atoms with van der Waals surface area (Å²) in [6.07, 6.45) is -0.0576. The minimum Gasteiger partial charge on any atom is -0.493 e. The highest BCUT2D eigenvalue weighted by Crippen LogP contribution is 2.07. The summed E-state index contributed by atoms with van der Waals surface area (Å²) in [6, 6.07) is 9.24. The first-order valence-corrected chi connectivity index (χ1v) is 6.42. The number of carbonyl (C=O) groups is 1. The number of rotatable bonds is 7. The molecule has 0 aliphatic rings. The molecule has 4 nitrogen and oxygen atoms in total. The minimum absolute atomic E-state index is 0.0576. The number of aliphatic carboxylic acids is 1. The largest absolute Gasteiger partial charge is 0.493 e. The van der Waals surface area contributed by atoms with Gasteiger partial charge in [0.2, 0.25) is 0 Å². The van der Waals surface area contributed by atoms with Crippen LogP contribution in [0, 0.1) is 0 Å². The zero-order chi connectivity index (χ0) is 11.8. The van der Waals surface area contributed by atoms with Crippen LogP contribution in [0.25, 0.3) is 0 Å². The smallest absolute Gasteiger partial charge is 0.304 e. The van der Waals surface area contributed by atoms with E-state index in [1.807, 2.05) is 30.3 Å². The van der Waals surface area contributed by atoms with Crippen LogP contribution in [0.5, 0.6) is 5.75 Å². The Morgan fingerprint density at radius 1 is 1.25 bits per heavy atom. The molecule has 1 unspecified atom stereocenters. The number of hydrogen-bond donors (Lipinski definition) is 1. The fraction of sp³-hybridized carbons (Fsp3) is 0.364. The Bertz CT molecular complexity index is 350. The van der Waals surface area contributed by atoms with Crippen molar-refractivity contribution in [1.82, 2.24) is 0 Å². The summed E-state index contributed by atoms with van der Waals surface area (Å²) in [5.41, 5.74) is 0. The molecule has 1 rings (SSSR count). The molecule has 1 aromatic rings. The molecule has 1 aromatic carbocycles. The predicted octanol–water partition coefficient (Wildman–Crippen LogP) is 1.29. The van der Waals surface area contributed by atoms with E-state index in [2.05, 4.69) is 0 Å². The van der Waals surface area contributed by atoms with Gasteiger partial charge in [-0.05, 0) is 12.1 Å². The van der Waals surface area contributed by atoms with Crippen LogP contribution in [-0.2, 0) is 15.6 Å². The summed E-state index contributed by atoms with van der Waals surface area (Å²) >= 11 is 0. The molecule has 16 heavy (non-hydrogen) atoms. The summed E-state index contributed by atoms with van der Waals surface area (Å²) in [4.78, 5) is 10.2. The van der Waals surface area contributed by atoms with Gasteiger partial charge in [-0.2, -0.15) is 0 Å². The van der Waals surface area contributed by atoms with Gasteiger partial charge in [0.15, 0.2) is 0 Å². The van der Waals surface area contributed by atoms with E-state index in [1.165, 1.54) is 0 Å². The monoisotopic (exact) mass is 242 g/mol. The fourth-order valence-electron chi connectivity index (χ4n) is 1.07. The third-order valence-electron chi connectivity index (χ3n) is 1.87. The lowest BCUT2D eigenvalue weighted by molar-refractivity contribution is -0.136. The second-order valence-corrected chi connectivity index (χ2v) is 4.85. The van der Waals surface area contributed by atoms with Crippen LogP contribution in [0.1, 0.15) is 6.42 Å². The highest BCUT2D eigenvalue weighted by molar-refractivity contribution is 7.85. The van der Waals surface area contributed by atoms with E-state index < -0.39 is 16.8 Å². The molecular formula is C11H14O4S. The molecule has 0 radical (unpaired) electrons. The molecule has 0 saturated carbocycles. The molecule has 0 saturated heterocycles. The Morgan fingerprint density at radius 3 is 2.56 bits per heavy atom. The molecular weight excluding hydrogens is 228 g/mol. The minimum atomic E-state index is -1.12. The summed E-state index contributed by atoms with van der Waals surface area (Å²) in [5.74, 6) is 0.366. The van der Waals surface area contributed by atoms with E-state index in [0.29, 0.717) is 12.4 Å². The van der Waals surface area contributed by atoms with Crippen molar-refractivity contribution in [2.45, 2.75) is 6.42 Å². The first-order chi connectivity index (χ1) is 7.68. The quantitative estimate of drug-likeness (QED) is 0.782. The van der Waals surface area contributed by atoms with Crippen LogP contribution in [0.2, 0.25) is 0 Å². The molecule has 0 aliphatic heterocycles. The van der Waals surface area contributed by atoms with Gasteiger partial charge >= 0.3 is 5.97 Å². The van der Waals surface area contributed by atoms with Crippen LogP contribution in [-0.4, -0.2) is 33.4 Å². The van der Waals surface area contributed by atoms with Crippen LogP contribution < -0.4 is 4.74 Å². The Balaban J connectivity index is 2.16. The Morgan fingerprint density at radius 2 is 1.94 bits per heavy atom. The topological polar surface area (TPSA) is 63.6 Å². The van der Waals surface area contributed by atoms with Crippen LogP contribution in [0.3, 0.4) is 0 Å². The van der Waals surface area contributed by atoms with Gasteiger partial charge in [0, 0.05) is 16.6 Å². The van der Waals surface area contributed by atoms with Crippen molar-refractivity contribution >= 4 is 16.8 Å². The van der Waals surface area contributed by atoms with E-state index in [0.717, 1.165) is 5.75 Å². The summed E-state index contributed by atoms with van der Waals surface area (Å²) < 4.78 is 16.6. The Hall–Kier alpha value is -1.36. The lowest BCUT2D eigenvalue weighted by Gasteiger charge is -2.05. The first kappa shape index (κ1) is 12.7. The number of benzene rings is 1. The van der Waals surface area contributed by atoms with Crippen molar-refractivity contribution in [3.8, 4) is 5.75 Å². The van der Waals surface area contributed by atoms with Crippen molar-refractivity contribution in [3.63, 3.8) is 0 Å². The SMILES string of the molecule is O=C(O)CCS(=O)CCOc1ccccc1. The zero-order valence-corrected chi connectivity index (χ0v) is 9.61. The van der Waals surface area contributed by atoms with Crippen molar-refractivity contribution < 1.29 is 18.8 Å². The van der Waals surface area contributed by atoms with Gasteiger partial charge in [-0.1, -0.05) is 18.2 Å². The number of para-hydroxylation sites is 1. The zero-order valence-electron chi connectivity index (χ0n) is 8.80. The van der Waals surface area contributed by atoms with Gasteiger partial charge in [0.05, 0.1) is 18.8 Å². The van der Waals surface area contributed by atoms with Crippen LogP contribution in [0.4, 0.5) is 0 Å². The summed E-state index contributed by atoms with van der Waals surface area (Å²) in [5, 5.41) is 8.40. The molecule has 0 spiro atoms. The van der Waals surface area contributed by atoms with Gasteiger partial charge in [-0.15, -0.1) is 0 Å². The van der Waals surface area contributed by atoms with Gasteiger partial charge < -0.3 is 9.84 Å². The lowest BCUT2D eigenvalue weighted by atomic mass is 10.3. The van der Waals surface area contributed by atoms with Crippen LogP contribution >= 0.6 is 0 Å². The molecule has 1 atom stereocenters. The van der Waals surface area contributed by atoms with Crippen molar-refractivity contribution in [3.05, 3.63) is 30.3 Å². The maximum absolute atomic E-state index is 11.3. The van der Waals surface area contributed by atoms with Crippen molar-refractivity contribution in [1.29, 1.82) is 0 Å². The number of carboxylic acid groups (broad SMARTS) is 1. The number of ether oxygens (including phenoxy) is 1. The van der Waals surface area contributed by atoms with Gasteiger partial charge in [0.25, 0.3) is 0 Å². The third kappa shape index (κ3) is 5.50. The highest BCUT2D eigenvalue weighted by Gasteiger charge is 2.04. The van der Waals surface area contributed by atoms with Crippen LogP contribution in [0.15, 0.2) is 30.3 Å². The second-order valence-electron chi connectivity index (χ2n) is 3.15. The maximum Gasteiger partial charge on any atom is 0.304 e. The lowest BCUT2D eigenvalue weighted by Crippen LogP contribution is -2.13. The number of carboxylic acids is 1. The molecule has 0 heterocycles. The molecule has 0 amide bonds. The first-order valence-electron chi connectivity index (χ1n) is 4.93. The van der Waals surface area contributed by atoms with E-state index in [9.17, 15) is 9.00 Å². The normalized spacial score (nSPS) is 12.0. The molecule has 0 aliphatic carbocycles. The highest BCUT2D eigenvalue weighted by atomic mass is 32.2. The maximum atomic E-state index is 11.3. The third-order valence-corrected chi connectivity index (χ3v) is 3.15. The van der Waals surface area contributed by atoms with Crippen molar-refractivity contribution in [2.75, 3.05) is 18.1 Å². The van der Waals surface area contributed by atoms with E-state index >= 15 is 0 Å². The fourth-order valence-corrected chi connectivity index (χ4v) is 1.95.